The summed E-state index contributed by atoms with van der Waals surface area (Å²) in [5, 5.41) is 4.04. The van der Waals surface area contributed by atoms with Crippen LogP contribution < -0.4 is 15.9 Å². The topological polar surface area (TPSA) is 59.6 Å². The highest BCUT2D eigenvalue weighted by Crippen LogP contribution is 2.26. The first-order valence-corrected chi connectivity index (χ1v) is 7.40. The average Bonchev–Trinajstić information content (AvgIpc) is 2.47. The standard InChI is InChI=1S/C15H14BrN3OS/c16-13-8-12(9-18-19-15(17)21)6-7-14(13)20-10-11-4-2-1-3-5-11/h1-9H,10H2,(H3,17,19,21)/b18-9+. The van der Waals surface area contributed by atoms with Crippen LogP contribution in [0.4, 0.5) is 0 Å². The molecule has 0 amide bonds. The maximum Gasteiger partial charge on any atom is 0.184 e. The zero-order valence-electron chi connectivity index (χ0n) is 11.1. The Morgan fingerprint density at radius 1 is 1.29 bits per heavy atom. The zero-order valence-corrected chi connectivity index (χ0v) is 13.5. The molecule has 0 aliphatic carbocycles. The van der Waals surface area contributed by atoms with E-state index in [1.807, 2.05) is 48.5 Å². The maximum atomic E-state index is 5.77. The minimum Gasteiger partial charge on any atom is -0.488 e. The van der Waals surface area contributed by atoms with Gasteiger partial charge in [0, 0.05) is 0 Å². The highest BCUT2D eigenvalue weighted by molar-refractivity contribution is 9.10. The molecule has 6 heteroatoms. The Kier molecular flexibility index (Phi) is 5.71. The molecule has 4 nitrogen and oxygen atoms in total. The predicted molar refractivity (Wildman–Crippen MR) is 92.4 cm³/mol. The Morgan fingerprint density at radius 2 is 2.05 bits per heavy atom. The van der Waals surface area contributed by atoms with Crippen LogP contribution in [0.3, 0.4) is 0 Å². The predicted octanol–water partition coefficient (Wildman–Crippen LogP) is 3.20. The van der Waals surface area contributed by atoms with Crippen molar-refractivity contribution >= 4 is 39.5 Å². The SMILES string of the molecule is NC(=S)N/N=C/c1ccc(OCc2ccccc2)c(Br)c1. The Balaban J connectivity index is 1.99. The molecule has 0 aromatic heterocycles. The van der Waals surface area contributed by atoms with Gasteiger partial charge in [-0.25, -0.2) is 0 Å². The summed E-state index contributed by atoms with van der Waals surface area (Å²) in [6, 6.07) is 15.7. The molecule has 0 aliphatic heterocycles. The summed E-state index contributed by atoms with van der Waals surface area (Å²) in [5.41, 5.74) is 9.81. The Bertz CT molecular complexity index is 647. The minimum atomic E-state index is 0.133. The normalized spacial score (nSPS) is 10.5. The van der Waals surface area contributed by atoms with Crippen LogP contribution in [-0.4, -0.2) is 11.3 Å². The molecule has 0 fully saturated rings. The molecule has 0 saturated carbocycles. The molecule has 0 saturated heterocycles. The van der Waals surface area contributed by atoms with E-state index in [1.54, 1.807) is 6.21 Å². The van der Waals surface area contributed by atoms with Crippen molar-refractivity contribution < 1.29 is 4.74 Å². The number of nitrogens with zero attached hydrogens (tertiary/aromatic N) is 1. The molecule has 21 heavy (non-hydrogen) atoms. The van der Waals surface area contributed by atoms with Crippen LogP contribution in [0.25, 0.3) is 0 Å². The van der Waals surface area contributed by atoms with Gasteiger partial charge in [-0.15, -0.1) is 0 Å². The second-order valence-corrected chi connectivity index (χ2v) is 5.49. The Hall–Kier alpha value is -1.92. The first kappa shape index (κ1) is 15.5. The van der Waals surface area contributed by atoms with Crippen molar-refractivity contribution in [3.05, 3.63) is 64.1 Å². The van der Waals surface area contributed by atoms with Crippen molar-refractivity contribution in [2.45, 2.75) is 6.61 Å². The number of hydrogen-bond acceptors (Lipinski definition) is 3. The number of halogens is 1. The van der Waals surface area contributed by atoms with Gasteiger partial charge >= 0.3 is 0 Å². The number of thiocarbonyl (C=S) groups is 1. The summed E-state index contributed by atoms with van der Waals surface area (Å²) in [5.74, 6) is 0.776. The number of hydrogen-bond donors (Lipinski definition) is 2. The lowest BCUT2D eigenvalue weighted by atomic mass is 10.2. The van der Waals surface area contributed by atoms with Crippen molar-refractivity contribution in [2.75, 3.05) is 0 Å². The molecule has 2 aromatic rings. The molecular weight excluding hydrogens is 350 g/mol. The largest absolute Gasteiger partial charge is 0.488 e. The van der Waals surface area contributed by atoms with E-state index in [1.165, 1.54) is 0 Å². The number of ether oxygens (including phenoxy) is 1. The molecule has 0 aliphatic rings. The van der Waals surface area contributed by atoms with E-state index in [9.17, 15) is 0 Å². The third kappa shape index (κ3) is 5.17. The number of benzene rings is 2. The van der Waals surface area contributed by atoms with Crippen molar-refractivity contribution in [2.24, 2.45) is 10.8 Å². The number of nitrogens with one attached hydrogen (secondary N) is 1. The summed E-state index contributed by atoms with van der Waals surface area (Å²) in [6.07, 6.45) is 1.63. The molecule has 0 unspecified atom stereocenters. The maximum absolute atomic E-state index is 5.77. The van der Waals surface area contributed by atoms with Crippen LogP contribution in [0, 0.1) is 0 Å². The van der Waals surface area contributed by atoms with Gasteiger partial charge in [-0.05, 0) is 57.5 Å². The molecular formula is C15H14BrN3OS. The van der Waals surface area contributed by atoms with Crippen LogP contribution >= 0.6 is 28.1 Å². The van der Waals surface area contributed by atoms with Crippen LogP contribution in [0.2, 0.25) is 0 Å². The number of nitrogens with two attached hydrogens (primary N) is 1. The molecule has 0 bridgehead atoms. The molecule has 0 heterocycles. The lowest BCUT2D eigenvalue weighted by Crippen LogP contribution is -2.23. The monoisotopic (exact) mass is 363 g/mol. The van der Waals surface area contributed by atoms with Gasteiger partial charge < -0.3 is 10.5 Å². The molecule has 0 radical (unpaired) electrons. The van der Waals surface area contributed by atoms with Gasteiger partial charge in [0.05, 0.1) is 10.7 Å². The summed E-state index contributed by atoms with van der Waals surface area (Å²) in [7, 11) is 0. The van der Waals surface area contributed by atoms with Crippen LogP contribution in [0.1, 0.15) is 11.1 Å². The molecule has 2 rings (SSSR count). The smallest absolute Gasteiger partial charge is 0.184 e. The van der Waals surface area contributed by atoms with Gasteiger partial charge in [0.2, 0.25) is 0 Å². The van der Waals surface area contributed by atoms with E-state index >= 15 is 0 Å². The van der Waals surface area contributed by atoms with Gasteiger partial charge in [0.15, 0.2) is 5.11 Å². The van der Waals surface area contributed by atoms with E-state index in [0.717, 1.165) is 21.3 Å². The highest BCUT2D eigenvalue weighted by atomic mass is 79.9. The first-order valence-electron chi connectivity index (χ1n) is 6.20. The van der Waals surface area contributed by atoms with Gasteiger partial charge in [-0.3, -0.25) is 5.43 Å². The average molecular weight is 364 g/mol. The first-order chi connectivity index (χ1) is 10.1. The van der Waals surface area contributed by atoms with Gasteiger partial charge in [-0.2, -0.15) is 5.10 Å². The highest BCUT2D eigenvalue weighted by Gasteiger charge is 2.02. The van der Waals surface area contributed by atoms with E-state index in [4.69, 9.17) is 10.5 Å². The molecule has 0 spiro atoms. The van der Waals surface area contributed by atoms with Gasteiger partial charge in [-0.1, -0.05) is 30.3 Å². The van der Waals surface area contributed by atoms with Gasteiger partial charge in [0.25, 0.3) is 0 Å². The second-order valence-electron chi connectivity index (χ2n) is 4.20. The van der Waals surface area contributed by atoms with Crippen molar-refractivity contribution in [3.63, 3.8) is 0 Å². The molecule has 0 atom stereocenters. The van der Waals surface area contributed by atoms with Crippen LogP contribution in [0.5, 0.6) is 5.75 Å². The fraction of sp³-hybridized carbons (Fsp3) is 0.0667. The quantitative estimate of drug-likeness (QED) is 0.486. The Morgan fingerprint density at radius 3 is 2.71 bits per heavy atom. The third-order valence-corrected chi connectivity index (χ3v) is 3.29. The fourth-order valence-corrected chi connectivity index (χ4v) is 2.18. The minimum absolute atomic E-state index is 0.133. The zero-order chi connectivity index (χ0) is 15.1. The summed E-state index contributed by atoms with van der Waals surface area (Å²) < 4.78 is 6.63. The number of rotatable bonds is 5. The lowest BCUT2D eigenvalue weighted by Gasteiger charge is -2.08. The van der Waals surface area contributed by atoms with Crippen molar-refractivity contribution in [3.8, 4) is 5.75 Å². The van der Waals surface area contributed by atoms with E-state index in [0.29, 0.717) is 6.61 Å². The van der Waals surface area contributed by atoms with E-state index in [2.05, 4.69) is 38.7 Å². The van der Waals surface area contributed by atoms with E-state index in [-0.39, 0.29) is 5.11 Å². The third-order valence-electron chi connectivity index (χ3n) is 2.58. The molecule has 3 N–H and O–H groups in total. The summed E-state index contributed by atoms with van der Waals surface area (Å²) in [6.45, 7) is 0.524. The summed E-state index contributed by atoms with van der Waals surface area (Å²) in [4.78, 5) is 0. The summed E-state index contributed by atoms with van der Waals surface area (Å²) >= 11 is 8.15. The Labute approximate surface area is 137 Å². The van der Waals surface area contributed by atoms with Gasteiger partial charge in [0.1, 0.15) is 12.4 Å². The molecule has 2 aromatic carbocycles. The van der Waals surface area contributed by atoms with Crippen LogP contribution in [-0.2, 0) is 6.61 Å². The second kappa shape index (κ2) is 7.75. The van der Waals surface area contributed by atoms with Crippen LogP contribution in [0.15, 0.2) is 58.1 Å². The van der Waals surface area contributed by atoms with E-state index < -0.39 is 0 Å². The van der Waals surface area contributed by atoms with Crippen molar-refractivity contribution in [1.29, 1.82) is 0 Å². The fourth-order valence-electron chi connectivity index (χ4n) is 1.62. The number of hydrazone groups is 1. The van der Waals surface area contributed by atoms with Crippen molar-refractivity contribution in [1.82, 2.24) is 5.43 Å². The molecule has 108 valence electrons. The lowest BCUT2D eigenvalue weighted by molar-refractivity contribution is 0.304.